The van der Waals surface area contributed by atoms with Crippen molar-refractivity contribution < 1.29 is 32.6 Å². The molecule has 0 saturated carbocycles. The number of fused-ring (bicyclic) bond motifs is 1. The SMILES string of the molecule is CC(C)(C)C(NC(=O)c1ccc2ccc(Br)cc2c1OCc1ccc(C(F)(F)F)cc1)C(=O)O. The van der Waals surface area contributed by atoms with E-state index in [0.29, 0.717) is 10.9 Å². The van der Waals surface area contributed by atoms with Gasteiger partial charge in [0.2, 0.25) is 0 Å². The van der Waals surface area contributed by atoms with Gasteiger partial charge in [0.15, 0.2) is 0 Å². The summed E-state index contributed by atoms with van der Waals surface area (Å²) in [7, 11) is 0. The molecule has 0 aliphatic rings. The lowest BCUT2D eigenvalue weighted by Crippen LogP contribution is -2.49. The van der Waals surface area contributed by atoms with Crippen molar-refractivity contribution in [3.8, 4) is 5.75 Å². The third kappa shape index (κ3) is 5.88. The maximum atomic E-state index is 13.1. The van der Waals surface area contributed by atoms with Crippen molar-refractivity contribution in [2.75, 3.05) is 0 Å². The number of nitrogens with one attached hydrogen (secondary N) is 1. The molecule has 0 heterocycles. The Morgan fingerprint density at radius 1 is 1.03 bits per heavy atom. The lowest BCUT2D eigenvalue weighted by Gasteiger charge is -2.28. The van der Waals surface area contributed by atoms with E-state index in [4.69, 9.17) is 4.74 Å². The summed E-state index contributed by atoms with van der Waals surface area (Å²) < 4.78 is 45.2. The normalized spacial score (nSPS) is 12.9. The molecule has 0 aliphatic carbocycles. The first-order valence-electron chi connectivity index (χ1n) is 10.3. The zero-order chi connectivity index (χ0) is 25.3. The van der Waals surface area contributed by atoms with Crippen LogP contribution in [0.25, 0.3) is 10.8 Å². The van der Waals surface area contributed by atoms with Crippen molar-refractivity contribution in [2.45, 2.75) is 39.6 Å². The molecule has 0 bridgehead atoms. The molecular weight excluding hydrogens is 515 g/mol. The molecule has 1 atom stereocenters. The summed E-state index contributed by atoms with van der Waals surface area (Å²) in [5.74, 6) is -1.60. The molecule has 9 heteroatoms. The van der Waals surface area contributed by atoms with Gasteiger partial charge in [-0.15, -0.1) is 0 Å². The van der Waals surface area contributed by atoms with Crippen molar-refractivity contribution in [3.05, 3.63) is 75.8 Å². The van der Waals surface area contributed by atoms with Gasteiger partial charge in [0.1, 0.15) is 18.4 Å². The highest BCUT2D eigenvalue weighted by Gasteiger charge is 2.34. The average molecular weight is 538 g/mol. The fourth-order valence-corrected chi connectivity index (χ4v) is 3.76. The van der Waals surface area contributed by atoms with Crippen molar-refractivity contribution >= 4 is 38.6 Å². The van der Waals surface area contributed by atoms with E-state index in [1.165, 1.54) is 18.2 Å². The fraction of sp³-hybridized carbons (Fsp3) is 0.280. The minimum atomic E-state index is -4.44. The topological polar surface area (TPSA) is 75.6 Å². The van der Waals surface area contributed by atoms with Crippen molar-refractivity contribution in [1.82, 2.24) is 5.32 Å². The molecule has 1 amide bonds. The van der Waals surface area contributed by atoms with E-state index in [1.54, 1.807) is 32.9 Å². The molecule has 0 aliphatic heterocycles. The van der Waals surface area contributed by atoms with Crippen LogP contribution in [-0.4, -0.2) is 23.0 Å². The second-order valence-electron chi connectivity index (χ2n) is 8.90. The summed E-state index contributed by atoms with van der Waals surface area (Å²) in [6, 6.07) is 12.0. The van der Waals surface area contributed by atoms with Gasteiger partial charge in [0.05, 0.1) is 11.1 Å². The molecule has 0 aromatic heterocycles. The highest BCUT2D eigenvalue weighted by molar-refractivity contribution is 9.10. The molecule has 1 unspecified atom stereocenters. The zero-order valence-corrected chi connectivity index (χ0v) is 20.3. The number of carboxylic acid groups (broad SMARTS) is 1. The Labute approximate surface area is 203 Å². The molecule has 0 fully saturated rings. The second kappa shape index (κ2) is 9.66. The highest BCUT2D eigenvalue weighted by atomic mass is 79.9. The monoisotopic (exact) mass is 537 g/mol. The molecule has 180 valence electrons. The Balaban J connectivity index is 1.98. The van der Waals surface area contributed by atoms with E-state index in [2.05, 4.69) is 21.2 Å². The van der Waals surface area contributed by atoms with Crippen LogP contribution in [0.5, 0.6) is 5.75 Å². The molecular formula is C25H23BrF3NO4. The predicted molar refractivity (Wildman–Crippen MR) is 126 cm³/mol. The van der Waals surface area contributed by atoms with Gasteiger partial charge in [-0.25, -0.2) is 4.79 Å². The van der Waals surface area contributed by atoms with Crippen molar-refractivity contribution in [3.63, 3.8) is 0 Å². The van der Waals surface area contributed by atoms with E-state index < -0.39 is 35.1 Å². The second-order valence-corrected chi connectivity index (χ2v) is 9.82. The summed E-state index contributed by atoms with van der Waals surface area (Å²) in [5, 5.41) is 13.5. The molecule has 34 heavy (non-hydrogen) atoms. The smallest absolute Gasteiger partial charge is 0.416 e. The molecule has 3 aromatic rings. The number of hydrogen-bond acceptors (Lipinski definition) is 3. The van der Waals surface area contributed by atoms with Crippen LogP contribution in [0.3, 0.4) is 0 Å². The van der Waals surface area contributed by atoms with Gasteiger partial charge in [-0.05, 0) is 46.7 Å². The van der Waals surface area contributed by atoms with Gasteiger partial charge in [0, 0.05) is 9.86 Å². The summed E-state index contributed by atoms with van der Waals surface area (Å²) in [6.45, 7) is 5.01. The number of halogens is 4. The number of amides is 1. The molecule has 5 nitrogen and oxygen atoms in total. The van der Waals surface area contributed by atoms with Gasteiger partial charge < -0.3 is 15.2 Å². The number of benzene rings is 3. The number of rotatable bonds is 6. The van der Waals surface area contributed by atoms with Gasteiger partial charge in [-0.3, -0.25) is 4.79 Å². The number of aliphatic carboxylic acids is 1. The summed E-state index contributed by atoms with van der Waals surface area (Å²) in [4.78, 5) is 24.9. The van der Waals surface area contributed by atoms with Gasteiger partial charge in [-0.2, -0.15) is 13.2 Å². The quantitative estimate of drug-likeness (QED) is 0.380. The number of ether oxygens (including phenoxy) is 1. The van der Waals surface area contributed by atoms with E-state index in [1.807, 2.05) is 12.1 Å². The van der Waals surface area contributed by atoms with Gasteiger partial charge in [0.25, 0.3) is 5.91 Å². The number of carboxylic acids is 1. The Kier molecular flexibility index (Phi) is 7.26. The van der Waals surface area contributed by atoms with Gasteiger partial charge >= 0.3 is 12.1 Å². The fourth-order valence-electron chi connectivity index (χ4n) is 3.40. The van der Waals surface area contributed by atoms with Crippen LogP contribution >= 0.6 is 15.9 Å². The predicted octanol–water partition coefficient (Wildman–Crippen LogP) is 6.43. The number of hydrogen-bond donors (Lipinski definition) is 2. The molecule has 0 radical (unpaired) electrons. The van der Waals surface area contributed by atoms with Crippen LogP contribution in [0.1, 0.15) is 42.3 Å². The summed E-state index contributed by atoms with van der Waals surface area (Å²) in [5.41, 5.74) is -0.924. The number of carbonyl (C=O) groups is 2. The first-order valence-corrected chi connectivity index (χ1v) is 11.1. The lowest BCUT2D eigenvalue weighted by molar-refractivity contribution is -0.142. The van der Waals surface area contributed by atoms with Gasteiger partial charge in [-0.1, -0.05) is 61.0 Å². The zero-order valence-electron chi connectivity index (χ0n) is 18.7. The summed E-state index contributed by atoms with van der Waals surface area (Å²) >= 11 is 3.40. The Morgan fingerprint density at radius 2 is 1.65 bits per heavy atom. The number of alkyl halides is 3. The minimum Gasteiger partial charge on any atom is -0.487 e. The van der Waals surface area contributed by atoms with Crippen LogP contribution in [0.2, 0.25) is 0 Å². The third-order valence-corrected chi connectivity index (χ3v) is 5.72. The Hall–Kier alpha value is -3.07. The highest BCUT2D eigenvalue weighted by Crippen LogP contribution is 2.34. The summed E-state index contributed by atoms with van der Waals surface area (Å²) in [6.07, 6.45) is -4.44. The maximum absolute atomic E-state index is 13.1. The Bertz CT molecular complexity index is 1220. The first-order chi connectivity index (χ1) is 15.8. The maximum Gasteiger partial charge on any atom is 0.416 e. The number of carbonyl (C=O) groups excluding carboxylic acids is 1. The van der Waals surface area contributed by atoms with Crippen LogP contribution in [0.4, 0.5) is 13.2 Å². The standard InChI is InChI=1S/C25H23BrF3NO4/c1-24(2,3)21(23(32)33)30-22(31)18-11-7-15-6-10-17(26)12-19(15)20(18)34-13-14-4-8-16(9-5-14)25(27,28)29/h4-12,21H,13H2,1-3H3,(H,30,31)(H,32,33). The molecule has 2 N–H and O–H groups in total. The average Bonchev–Trinajstić information content (AvgIpc) is 2.74. The van der Waals surface area contributed by atoms with Crippen molar-refractivity contribution in [1.29, 1.82) is 0 Å². The van der Waals surface area contributed by atoms with Crippen LogP contribution in [0.15, 0.2) is 59.1 Å². The largest absolute Gasteiger partial charge is 0.487 e. The van der Waals surface area contributed by atoms with E-state index >= 15 is 0 Å². The molecule has 0 saturated heterocycles. The molecule has 0 spiro atoms. The van der Waals surface area contributed by atoms with Crippen molar-refractivity contribution in [2.24, 2.45) is 5.41 Å². The van der Waals surface area contributed by atoms with E-state index in [9.17, 15) is 27.9 Å². The Morgan fingerprint density at radius 3 is 2.21 bits per heavy atom. The molecule has 3 aromatic carbocycles. The third-order valence-electron chi connectivity index (χ3n) is 5.23. The van der Waals surface area contributed by atoms with Crippen LogP contribution < -0.4 is 10.1 Å². The van der Waals surface area contributed by atoms with Crippen LogP contribution in [-0.2, 0) is 17.6 Å². The van der Waals surface area contributed by atoms with Crippen LogP contribution in [0, 0.1) is 5.41 Å². The first kappa shape index (κ1) is 25.6. The van der Waals surface area contributed by atoms with E-state index in [-0.39, 0.29) is 17.9 Å². The molecule has 3 rings (SSSR count). The minimum absolute atomic E-state index is 0.0916. The lowest BCUT2D eigenvalue weighted by atomic mass is 9.86. The van der Waals surface area contributed by atoms with E-state index in [0.717, 1.165) is 22.0 Å².